The van der Waals surface area contributed by atoms with E-state index in [2.05, 4.69) is 5.32 Å². The van der Waals surface area contributed by atoms with Crippen molar-refractivity contribution < 1.29 is 9.59 Å². The number of hydrogen-bond acceptors (Lipinski definition) is 3. The fourth-order valence-electron chi connectivity index (χ4n) is 1.00. The summed E-state index contributed by atoms with van der Waals surface area (Å²) in [5.41, 5.74) is 10.2. The lowest BCUT2D eigenvalue weighted by molar-refractivity contribution is -0.121. The second kappa shape index (κ2) is 8.50. The monoisotopic (exact) mass is 201 g/mol. The molecule has 0 heterocycles. The molecule has 5 N–H and O–H groups in total. The largest absolute Gasteiger partial charge is 0.370 e. The SMILES string of the molecule is NCCCC(=O)NCCCCC(N)=O. The molecule has 5 nitrogen and oxygen atoms in total. The van der Waals surface area contributed by atoms with Gasteiger partial charge in [0.2, 0.25) is 11.8 Å². The Balaban J connectivity index is 3.19. The summed E-state index contributed by atoms with van der Waals surface area (Å²) in [7, 11) is 0. The molecule has 0 unspecified atom stereocenters. The summed E-state index contributed by atoms with van der Waals surface area (Å²) in [4.78, 5) is 21.4. The van der Waals surface area contributed by atoms with Crippen LogP contribution < -0.4 is 16.8 Å². The Morgan fingerprint density at radius 3 is 2.36 bits per heavy atom. The van der Waals surface area contributed by atoms with Gasteiger partial charge in [-0.15, -0.1) is 0 Å². The van der Waals surface area contributed by atoms with Crippen LogP contribution in [-0.4, -0.2) is 24.9 Å². The molecule has 0 bridgehead atoms. The fraction of sp³-hybridized carbons (Fsp3) is 0.778. The fourth-order valence-corrected chi connectivity index (χ4v) is 1.00. The molecule has 0 saturated heterocycles. The summed E-state index contributed by atoms with van der Waals surface area (Å²) in [6.07, 6.45) is 3.10. The second-order valence-electron chi connectivity index (χ2n) is 3.17. The topological polar surface area (TPSA) is 98.2 Å². The standard InChI is InChI=1S/C9H19N3O2/c10-6-3-5-9(14)12-7-2-1-4-8(11)13/h1-7,10H2,(H2,11,13)(H,12,14). The molecule has 0 aliphatic heterocycles. The van der Waals surface area contributed by atoms with Crippen LogP contribution in [0.15, 0.2) is 0 Å². The van der Waals surface area contributed by atoms with E-state index in [1.807, 2.05) is 0 Å². The van der Waals surface area contributed by atoms with Gasteiger partial charge < -0.3 is 16.8 Å². The lowest BCUT2D eigenvalue weighted by atomic mass is 10.2. The van der Waals surface area contributed by atoms with Gasteiger partial charge in [0.15, 0.2) is 0 Å². The van der Waals surface area contributed by atoms with Crippen LogP contribution in [-0.2, 0) is 9.59 Å². The molecule has 82 valence electrons. The molecule has 14 heavy (non-hydrogen) atoms. The number of amides is 2. The van der Waals surface area contributed by atoms with Gasteiger partial charge in [0.1, 0.15) is 0 Å². The smallest absolute Gasteiger partial charge is 0.220 e. The minimum Gasteiger partial charge on any atom is -0.370 e. The zero-order valence-corrected chi connectivity index (χ0v) is 8.42. The molecular formula is C9H19N3O2. The summed E-state index contributed by atoms with van der Waals surface area (Å²) < 4.78 is 0. The number of hydrogen-bond donors (Lipinski definition) is 3. The summed E-state index contributed by atoms with van der Waals surface area (Å²) in [5, 5.41) is 2.74. The summed E-state index contributed by atoms with van der Waals surface area (Å²) in [6.45, 7) is 1.14. The van der Waals surface area contributed by atoms with Crippen LogP contribution in [0, 0.1) is 0 Å². The maximum Gasteiger partial charge on any atom is 0.220 e. The Kier molecular flexibility index (Phi) is 7.83. The van der Waals surface area contributed by atoms with Crippen LogP contribution in [0.5, 0.6) is 0 Å². The number of rotatable bonds is 8. The van der Waals surface area contributed by atoms with Crippen LogP contribution in [0.2, 0.25) is 0 Å². The van der Waals surface area contributed by atoms with Gasteiger partial charge >= 0.3 is 0 Å². The molecule has 0 aromatic carbocycles. The Morgan fingerprint density at radius 2 is 1.79 bits per heavy atom. The highest BCUT2D eigenvalue weighted by Gasteiger charge is 1.99. The average molecular weight is 201 g/mol. The van der Waals surface area contributed by atoms with Gasteiger partial charge in [-0.25, -0.2) is 0 Å². The number of nitrogens with one attached hydrogen (secondary N) is 1. The lowest BCUT2D eigenvalue weighted by Crippen LogP contribution is -2.25. The third-order valence-corrected chi connectivity index (χ3v) is 1.78. The predicted molar refractivity (Wildman–Crippen MR) is 54.3 cm³/mol. The highest BCUT2D eigenvalue weighted by atomic mass is 16.1. The molecule has 0 fully saturated rings. The van der Waals surface area contributed by atoms with E-state index in [0.717, 1.165) is 12.8 Å². The first-order valence-corrected chi connectivity index (χ1v) is 4.92. The molecule has 0 spiro atoms. The van der Waals surface area contributed by atoms with Crippen molar-refractivity contribution in [1.29, 1.82) is 0 Å². The first kappa shape index (κ1) is 12.9. The van der Waals surface area contributed by atoms with Gasteiger partial charge in [-0.3, -0.25) is 9.59 Å². The van der Waals surface area contributed by atoms with E-state index in [-0.39, 0.29) is 11.8 Å². The molecule has 0 radical (unpaired) electrons. The Morgan fingerprint density at radius 1 is 1.07 bits per heavy atom. The maximum absolute atomic E-state index is 11.0. The Hall–Kier alpha value is -1.10. The molecule has 0 rings (SSSR count). The van der Waals surface area contributed by atoms with Gasteiger partial charge in [0, 0.05) is 19.4 Å². The first-order valence-electron chi connectivity index (χ1n) is 4.92. The molecular weight excluding hydrogens is 182 g/mol. The third-order valence-electron chi connectivity index (χ3n) is 1.78. The molecule has 2 amide bonds. The van der Waals surface area contributed by atoms with Crippen molar-refractivity contribution in [2.24, 2.45) is 11.5 Å². The average Bonchev–Trinajstić information content (AvgIpc) is 2.13. The Bertz CT molecular complexity index is 183. The van der Waals surface area contributed by atoms with E-state index in [0.29, 0.717) is 32.4 Å². The normalized spacial score (nSPS) is 9.79. The van der Waals surface area contributed by atoms with E-state index >= 15 is 0 Å². The van der Waals surface area contributed by atoms with Crippen molar-refractivity contribution in [2.45, 2.75) is 32.1 Å². The van der Waals surface area contributed by atoms with E-state index in [1.54, 1.807) is 0 Å². The van der Waals surface area contributed by atoms with Crippen molar-refractivity contribution in [3.63, 3.8) is 0 Å². The molecule has 0 saturated carbocycles. The zero-order chi connectivity index (χ0) is 10.8. The van der Waals surface area contributed by atoms with E-state index in [9.17, 15) is 9.59 Å². The van der Waals surface area contributed by atoms with Crippen LogP contribution >= 0.6 is 0 Å². The molecule has 5 heteroatoms. The van der Waals surface area contributed by atoms with Crippen molar-refractivity contribution in [3.8, 4) is 0 Å². The number of nitrogens with two attached hydrogens (primary N) is 2. The zero-order valence-electron chi connectivity index (χ0n) is 8.42. The lowest BCUT2D eigenvalue weighted by Gasteiger charge is -2.03. The molecule has 0 atom stereocenters. The number of primary amides is 1. The quantitative estimate of drug-likeness (QED) is 0.461. The van der Waals surface area contributed by atoms with Crippen LogP contribution in [0.3, 0.4) is 0 Å². The highest BCUT2D eigenvalue weighted by Crippen LogP contribution is 1.93. The van der Waals surface area contributed by atoms with E-state index in [1.165, 1.54) is 0 Å². The predicted octanol–water partition coefficient (Wildman–Crippen LogP) is -0.503. The van der Waals surface area contributed by atoms with E-state index in [4.69, 9.17) is 11.5 Å². The highest BCUT2D eigenvalue weighted by molar-refractivity contribution is 5.75. The van der Waals surface area contributed by atoms with Gasteiger partial charge in [-0.2, -0.15) is 0 Å². The minimum atomic E-state index is -0.292. The van der Waals surface area contributed by atoms with Crippen LogP contribution in [0.4, 0.5) is 0 Å². The van der Waals surface area contributed by atoms with E-state index < -0.39 is 0 Å². The molecule has 0 aliphatic rings. The number of carbonyl (C=O) groups excluding carboxylic acids is 2. The summed E-state index contributed by atoms with van der Waals surface area (Å²) >= 11 is 0. The van der Waals surface area contributed by atoms with Gasteiger partial charge in [-0.1, -0.05) is 0 Å². The Labute approximate surface area is 84.2 Å². The van der Waals surface area contributed by atoms with Gasteiger partial charge in [-0.05, 0) is 25.8 Å². The van der Waals surface area contributed by atoms with Crippen molar-refractivity contribution in [3.05, 3.63) is 0 Å². The number of unbranched alkanes of at least 4 members (excludes halogenated alkanes) is 1. The molecule has 0 aliphatic carbocycles. The van der Waals surface area contributed by atoms with Crippen LogP contribution in [0.25, 0.3) is 0 Å². The second-order valence-corrected chi connectivity index (χ2v) is 3.17. The van der Waals surface area contributed by atoms with Crippen molar-refractivity contribution in [2.75, 3.05) is 13.1 Å². The first-order chi connectivity index (χ1) is 6.66. The number of carbonyl (C=O) groups is 2. The maximum atomic E-state index is 11.0. The summed E-state index contributed by atoms with van der Waals surface area (Å²) in [6, 6.07) is 0. The molecule has 0 aromatic rings. The van der Waals surface area contributed by atoms with Gasteiger partial charge in [0.25, 0.3) is 0 Å². The van der Waals surface area contributed by atoms with Crippen molar-refractivity contribution >= 4 is 11.8 Å². The third kappa shape index (κ3) is 8.99. The van der Waals surface area contributed by atoms with Crippen molar-refractivity contribution in [1.82, 2.24) is 5.32 Å². The van der Waals surface area contributed by atoms with Crippen LogP contribution in [0.1, 0.15) is 32.1 Å². The van der Waals surface area contributed by atoms with Gasteiger partial charge in [0.05, 0.1) is 0 Å². The minimum absolute atomic E-state index is 0.0227. The molecule has 0 aromatic heterocycles. The summed E-state index contributed by atoms with van der Waals surface area (Å²) in [5.74, 6) is -0.269.